The molecule has 2 rings (SSSR count). The van der Waals surface area contributed by atoms with Crippen LogP contribution in [0.4, 0.5) is 11.6 Å². The summed E-state index contributed by atoms with van der Waals surface area (Å²) in [6.45, 7) is 3.91. The van der Waals surface area contributed by atoms with Gasteiger partial charge >= 0.3 is 0 Å². The highest BCUT2D eigenvalue weighted by atomic mass is 127. The molecule has 2 heterocycles. The molecule has 0 unspecified atom stereocenters. The van der Waals surface area contributed by atoms with Gasteiger partial charge in [-0.05, 0) is 59.0 Å². The molecule has 0 N–H and O–H groups in total. The Labute approximate surface area is 132 Å². The monoisotopic (exact) mass is 470 g/mol. The predicted octanol–water partition coefficient (Wildman–Crippen LogP) is 3.40. The van der Waals surface area contributed by atoms with Gasteiger partial charge in [0.1, 0.15) is 0 Å². The normalized spacial score (nSPS) is 11.7. The van der Waals surface area contributed by atoms with Gasteiger partial charge in [0, 0.05) is 14.1 Å². The lowest BCUT2D eigenvalue weighted by atomic mass is 10.5. The second kappa shape index (κ2) is 5.23. The van der Waals surface area contributed by atoms with Crippen molar-refractivity contribution in [1.82, 2.24) is 19.6 Å². The molecule has 0 fully saturated rings. The fraction of sp³-hybridized carbons (Fsp3) is 0.400. The summed E-state index contributed by atoms with van der Waals surface area (Å²) < 4.78 is 5.51. The Morgan fingerprint density at radius 2 is 1.17 bits per heavy atom. The fourth-order valence-corrected chi connectivity index (χ4v) is 2.68. The van der Waals surface area contributed by atoms with Gasteiger partial charge < -0.3 is 0 Å². The standard InChI is InChI=1S/C10H12I2N6/c1-5-7(11)9(17(3)15-5)13-14-10-8(12)6(2)16-18(10)4/h1-4H3. The maximum atomic E-state index is 4.30. The Balaban J connectivity index is 2.42. The van der Waals surface area contributed by atoms with Gasteiger partial charge in [0.05, 0.1) is 18.5 Å². The van der Waals surface area contributed by atoms with E-state index in [0.29, 0.717) is 0 Å². The van der Waals surface area contributed by atoms with Crippen molar-refractivity contribution in [2.75, 3.05) is 0 Å². The number of rotatable bonds is 2. The molecule has 0 saturated carbocycles. The zero-order valence-corrected chi connectivity index (χ0v) is 14.8. The lowest BCUT2D eigenvalue weighted by molar-refractivity contribution is 0.739. The largest absolute Gasteiger partial charge is 0.248 e. The van der Waals surface area contributed by atoms with Crippen LogP contribution in [0.15, 0.2) is 10.2 Å². The SMILES string of the molecule is Cc1nn(C)c(N=Nc2c(I)c(C)nn2C)c1I. The highest BCUT2D eigenvalue weighted by Crippen LogP contribution is 2.28. The summed E-state index contributed by atoms with van der Waals surface area (Å²) in [5, 5.41) is 17.2. The molecule has 2 aromatic heterocycles. The Morgan fingerprint density at radius 3 is 1.39 bits per heavy atom. The van der Waals surface area contributed by atoms with Crippen molar-refractivity contribution in [1.29, 1.82) is 0 Å². The topological polar surface area (TPSA) is 60.4 Å². The van der Waals surface area contributed by atoms with E-state index in [-0.39, 0.29) is 0 Å². The zero-order valence-electron chi connectivity index (χ0n) is 10.4. The maximum Gasteiger partial charge on any atom is 0.186 e. The van der Waals surface area contributed by atoms with Crippen LogP contribution in [-0.2, 0) is 14.1 Å². The van der Waals surface area contributed by atoms with Crippen molar-refractivity contribution in [3.8, 4) is 0 Å². The van der Waals surface area contributed by atoms with E-state index in [1.807, 2.05) is 27.9 Å². The van der Waals surface area contributed by atoms with Crippen molar-refractivity contribution < 1.29 is 0 Å². The molecule has 0 aliphatic rings. The Hall–Kier alpha value is -0.520. The van der Waals surface area contributed by atoms with Crippen LogP contribution in [0.3, 0.4) is 0 Å². The smallest absolute Gasteiger partial charge is 0.186 e. The first-order valence-corrected chi connectivity index (χ1v) is 7.37. The van der Waals surface area contributed by atoms with Crippen LogP contribution in [0.25, 0.3) is 0 Å². The molecule has 0 saturated heterocycles. The van der Waals surface area contributed by atoms with E-state index < -0.39 is 0 Å². The molecule has 8 heteroatoms. The lowest BCUT2D eigenvalue weighted by Gasteiger charge is -1.96. The van der Waals surface area contributed by atoms with Crippen LogP contribution in [0, 0.1) is 21.0 Å². The number of aromatic nitrogens is 4. The number of halogens is 2. The first kappa shape index (κ1) is 13.9. The molecular formula is C10H12I2N6. The first-order chi connectivity index (χ1) is 8.41. The number of aryl methyl sites for hydroxylation is 4. The number of nitrogens with zero attached hydrogens (tertiary/aromatic N) is 6. The van der Waals surface area contributed by atoms with Gasteiger partial charge in [-0.3, -0.25) is 0 Å². The van der Waals surface area contributed by atoms with E-state index in [1.54, 1.807) is 9.36 Å². The van der Waals surface area contributed by atoms with Crippen LogP contribution >= 0.6 is 45.2 Å². The minimum atomic E-state index is 0.766. The van der Waals surface area contributed by atoms with Gasteiger partial charge in [-0.2, -0.15) is 10.2 Å². The van der Waals surface area contributed by atoms with E-state index in [0.717, 1.165) is 30.2 Å². The van der Waals surface area contributed by atoms with Crippen LogP contribution in [0.2, 0.25) is 0 Å². The average molecular weight is 470 g/mol. The van der Waals surface area contributed by atoms with E-state index in [9.17, 15) is 0 Å². The van der Waals surface area contributed by atoms with Crippen LogP contribution in [0.1, 0.15) is 11.4 Å². The molecule has 6 nitrogen and oxygen atoms in total. The Bertz CT molecular complexity index is 571. The minimum absolute atomic E-state index is 0.766. The van der Waals surface area contributed by atoms with Crippen molar-refractivity contribution in [2.45, 2.75) is 13.8 Å². The minimum Gasteiger partial charge on any atom is -0.248 e. The molecule has 0 radical (unpaired) electrons. The van der Waals surface area contributed by atoms with E-state index >= 15 is 0 Å². The molecule has 18 heavy (non-hydrogen) atoms. The lowest BCUT2D eigenvalue weighted by Crippen LogP contribution is -1.90. The zero-order chi connectivity index (χ0) is 13.4. The molecule has 0 amide bonds. The summed E-state index contributed by atoms with van der Waals surface area (Å²) in [7, 11) is 3.73. The summed E-state index contributed by atoms with van der Waals surface area (Å²) in [6.07, 6.45) is 0. The third kappa shape index (κ3) is 2.44. The second-order valence-electron chi connectivity index (χ2n) is 3.89. The molecule has 0 spiro atoms. The highest BCUT2D eigenvalue weighted by molar-refractivity contribution is 14.1. The summed E-state index contributed by atoms with van der Waals surface area (Å²) in [4.78, 5) is 0. The Morgan fingerprint density at radius 1 is 0.833 bits per heavy atom. The number of hydrogen-bond acceptors (Lipinski definition) is 4. The van der Waals surface area contributed by atoms with Crippen LogP contribution < -0.4 is 0 Å². The van der Waals surface area contributed by atoms with Crippen molar-refractivity contribution in [3.05, 3.63) is 18.5 Å². The summed E-state index contributed by atoms with van der Waals surface area (Å²) in [5.74, 6) is 1.53. The van der Waals surface area contributed by atoms with E-state index in [1.165, 1.54) is 0 Å². The predicted molar refractivity (Wildman–Crippen MR) is 85.5 cm³/mol. The summed E-state index contributed by atoms with van der Waals surface area (Å²) >= 11 is 4.46. The van der Waals surface area contributed by atoms with Crippen LogP contribution in [0.5, 0.6) is 0 Å². The van der Waals surface area contributed by atoms with Gasteiger partial charge in [-0.15, -0.1) is 10.2 Å². The molecule has 0 bridgehead atoms. The van der Waals surface area contributed by atoms with Gasteiger partial charge in [0.2, 0.25) is 0 Å². The average Bonchev–Trinajstić information content (AvgIpc) is 2.67. The summed E-state index contributed by atoms with van der Waals surface area (Å²) in [6, 6.07) is 0. The molecule has 2 aromatic rings. The van der Waals surface area contributed by atoms with Gasteiger partial charge in [0.15, 0.2) is 11.6 Å². The molecule has 0 aromatic carbocycles. The van der Waals surface area contributed by atoms with Crippen molar-refractivity contribution in [3.63, 3.8) is 0 Å². The Kier molecular flexibility index (Phi) is 4.04. The molecule has 0 aliphatic carbocycles. The first-order valence-electron chi connectivity index (χ1n) is 5.21. The van der Waals surface area contributed by atoms with E-state index in [4.69, 9.17) is 0 Å². The molecule has 0 atom stereocenters. The van der Waals surface area contributed by atoms with Crippen molar-refractivity contribution >= 4 is 56.8 Å². The highest BCUT2D eigenvalue weighted by Gasteiger charge is 2.12. The van der Waals surface area contributed by atoms with Gasteiger partial charge in [0.25, 0.3) is 0 Å². The third-order valence-corrected chi connectivity index (χ3v) is 5.01. The third-order valence-electron chi connectivity index (χ3n) is 2.48. The molecule has 96 valence electrons. The molecular weight excluding hydrogens is 458 g/mol. The number of azo groups is 1. The summed E-state index contributed by atoms with van der Waals surface area (Å²) in [5.41, 5.74) is 1.92. The molecule has 0 aliphatic heterocycles. The van der Waals surface area contributed by atoms with Gasteiger partial charge in [-0.1, -0.05) is 0 Å². The number of hydrogen-bond donors (Lipinski definition) is 0. The van der Waals surface area contributed by atoms with Crippen LogP contribution in [-0.4, -0.2) is 19.6 Å². The van der Waals surface area contributed by atoms with E-state index in [2.05, 4.69) is 65.6 Å². The fourth-order valence-electron chi connectivity index (χ4n) is 1.55. The second-order valence-corrected chi connectivity index (χ2v) is 6.05. The quantitative estimate of drug-likeness (QED) is 0.500. The van der Waals surface area contributed by atoms with Gasteiger partial charge in [-0.25, -0.2) is 9.36 Å². The van der Waals surface area contributed by atoms with Crippen molar-refractivity contribution in [2.24, 2.45) is 24.3 Å². The maximum absolute atomic E-state index is 4.30.